The van der Waals surface area contributed by atoms with Gasteiger partial charge in [0.15, 0.2) is 0 Å². The van der Waals surface area contributed by atoms with E-state index in [-0.39, 0.29) is 11.3 Å². The van der Waals surface area contributed by atoms with Crippen molar-refractivity contribution in [3.05, 3.63) is 47.5 Å². The number of carbonyl (C=O) groups excluding carboxylic acids is 1. The average molecular weight is 272 g/mol. The van der Waals surface area contributed by atoms with E-state index in [2.05, 4.69) is 5.32 Å². The first-order valence-electron chi connectivity index (χ1n) is 6.05. The predicted octanol–water partition coefficient (Wildman–Crippen LogP) is 2.54. The van der Waals surface area contributed by atoms with E-state index in [1.165, 1.54) is 19.2 Å². The smallest absolute Gasteiger partial charge is 0.259 e. The predicted molar refractivity (Wildman–Crippen MR) is 78.2 cm³/mol. The Morgan fingerprint density at radius 2 is 2.00 bits per heavy atom. The summed E-state index contributed by atoms with van der Waals surface area (Å²) in [6, 6.07) is 9.72. The van der Waals surface area contributed by atoms with Crippen LogP contribution in [0.5, 0.6) is 11.5 Å². The van der Waals surface area contributed by atoms with Crippen molar-refractivity contribution < 1.29 is 14.6 Å². The number of aromatic hydroxyl groups is 1. The zero-order valence-electron chi connectivity index (χ0n) is 11.3. The fourth-order valence-electron chi connectivity index (χ4n) is 1.85. The van der Waals surface area contributed by atoms with Crippen LogP contribution in [0.1, 0.15) is 15.9 Å². The highest BCUT2D eigenvalue weighted by atomic mass is 16.5. The maximum Gasteiger partial charge on any atom is 0.259 e. The SMILES string of the molecule is COc1ccc(C(=O)Nc2ccc(N)cc2C)c(O)c1. The molecule has 0 unspecified atom stereocenters. The van der Waals surface area contributed by atoms with Crippen LogP contribution in [0.3, 0.4) is 0 Å². The molecule has 0 aromatic heterocycles. The van der Waals surface area contributed by atoms with Gasteiger partial charge in [0.25, 0.3) is 5.91 Å². The van der Waals surface area contributed by atoms with Crippen LogP contribution in [0.25, 0.3) is 0 Å². The fraction of sp³-hybridized carbons (Fsp3) is 0.133. The van der Waals surface area contributed by atoms with Crippen LogP contribution in [0, 0.1) is 6.92 Å². The molecule has 2 rings (SSSR count). The van der Waals surface area contributed by atoms with Gasteiger partial charge < -0.3 is 20.9 Å². The summed E-state index contributed by atoms with van der Waals surface area (Å²) in [7, 11) is 1.49. The zero-order valence-corrected chi connectivity index (χ0v) is 11.3. The highest BCUT2D eigenvalue weighted by Crippen LogP contribution is 2.25. The van der Waals surface area contributed by atoms with E-state index in [0.717, 1.165) is 5.56 Å². The van der Waals surface area contributed by atoms with Gasteiger partial charge in [-0.05, 0) is 42.8 Å². The number of amides is 1. The molecular formula is C15H16N2O3. The van der Waals surface area contributed by atoms with Gasteiger partial charge in [0.1, 0.15) is 11.5 Å². The highest BCUT2D eigenvalue weighted by Gasteiger charge is 2.13. The maximum absolute atomic E-state index is 12.1. The zero-order chi connectivity index (χ0) is 14.7. The Morgan fingerprint density at radius 3 is 2.60 bits per heavy atom. The minimum Gasteiger partial charge on any atom is -0.507 e. The Kier molecular flexibility index (Phi) is 3.79. The summed E-state index contributed by atoms with van der Waals surface area (Å²) in [6.07, 6.45) is 0. The number of phenolic OH excluding ortho intramolecular Hbond substituents is 1. The lowest BCUT2D eigenvalue weighted by molar-refractivity contribution is 0.102. The summed E-state index contributed by atoms with van der Waals surface area (Å²) in [4.78, 5) is 12.1. The standard InChI is InChI=1S/C15H16N2O3/c1-9-7-10(16)3-6-13(9)17-15(19)12-5-4-11(20-2)8-14(12)18/h3-8,18H,16H2,1-2H3,(H,17,19). The minimum atomic E-state index is -0.391. The van der Waals surface area contributed by atoms with Gasteiger partial charge in [-0.3, -0.25) is 4.79 Å². The van der Waals surface area contributed by atoms with Crippen molar-refractivity contribution in [2.24, 2.45) is 0 Å². The molecule has 20 heavy (non-hydrogen) atoms. The first kappa shape index (κ1) is 13.7. The molecule has 5 heteroatoms. The molecule has 0 radical (unpaired) electrons. The molecule has 0 aliphatic rings. The Balaban J connectivity index is 2.24. The molecule has 0 atom stereocenters. The molecule has 5 nitrogen and oxygen atoms in total. The summed E-state index contributed by atoms with van der Waals surface area (Å²) >= 11 is 0. The second-order valence-electron chi connectivity index (χ2n) is 4.41. The van der Waals surface area contributed by atoms with Crippen molar-refractivity contribution >= 4 is 17.3 Å². The normalized spacial score (nSPS) is 10.1. The van der Waals surface area contributed by atoms with E-state index in [4.69, 9.17) is 10.5 Å². The third-order valence-electron chi connectivity index (χ3n) is 2.95. The Labute approximate surface area is 117 Å². The van der Waals surface area contributed by atoms with Gasteiger partial charge in [0.05, 0.1) is 12.7 Å². The van der Waals surface area contributed by atoms with Crippen molar-refractivity contribution in [3.63, 3.8) is 0 Å². The number of benzene rings is 2. The summed E-state index contributed by atoms with van der Waals surface area (Å²) in [5.41, 5.74) is 7.98. The molecule has 1 amide bonds. The quantitative estimate of drug-likeness (QED) is 0.750. The Hall–Kier alpha value is -2.69. The molecule has 2 aromatic rings. The molecule has 0 saturated heterocycles. The number of anilines is 2. The third-order valence-corrected chi connectivity index (χ3v) is 2.95. The lowest BCUT2D eigenvalue weighted by atomic mass is 10.1. The van der Waals surface area contributed by atoms with Gasteiger partial charge in [0, 0.05) is 17.4 Å². The van der Waals surface area contributed by atoms with Crippen LogP contribution in [0.15, 0.2) is 36.4 Å². The monoisotopic (exact) mass is 272 g/mol. The number of aryl methyl sites for hydroxylation is 1. The van der Waals surface area contributed by atoms with Crippen molar-refractivity contribution in [2.75, 3.05) is 18.2 Å². The molecular weight excluding hydrogens is 256 g/mol. The number of ether oxygens (including phenoxy) is 1. The van der Waals surface area contributed by atoms with Gasteiger partial charge in [-0.2, -0.15) is 0 Å². The molecule has 0 bridgehead atoms. The van der Waals surface area contributed by atoms with Crippen LogP contribution < -0.4 is 15.8 Å². The largest absolute Gasteiger partial charge is 0.507 e. The number of phenols is 1. The van der Waals surface area contributed by atoms with Crippen LogP contribution >= 0.6 is 0 Å². The summed E-state index contributed by atoms with van der Waals surface area (Å²) in [5, 5.41) is 12.6. The second kappa shape index (κ2) is 5.52. The van der Waals surface area contributed by atoms with Gasteiger partial charge in [-0.15, -0.1) is 0 Å². The summed E-state index contributed by atoms with van der Waals surface area (Å²) < 4.78 is 4.97. The molecule has 0 aliphatic heterocycles. The van der Waals surface area contributed by atoms with Crippen molar-refractivity contribution in [1.82, 2.24) is 0 Å². The highest BCUT2D eigenvalue weighted by molar-refractivity contribution is 6.06. The van der Waals surface area contributed by atoms with Gasteiger partial charge >= 0.3 is 0 Å². The lowest BCUT2D eigenvalue weighted by Crippen LogP contribution is -2.13. The molecule has 0 fully saturated rings. The first-order valence-corrected chi connectivity index (χ1v) is 6.05. The molecule has 2 aromatic carbocycles. The van der Waals surface area contributed by atoms with Crippen LogP contribution in [0.2, 0.25) is 0 Å². The first-order chi connectivity index (χ1) is 9.51. The second-order valence-corrected chi connectivity index (χ2v) is 4.41. The number of nitrogen functional groups attached to an aromatic ring is 1. The third kappa shape index (κ3) is 2.83. The van der Waals surface area contributed by atoms with E-state index < -0.39 is 5.91 Å². The molecule has 4 N–H and O–H groups in total. The average Bonchev–Trinajstić information content (AvgIpc) is 2.41. The number of hydrogen-bond donors (Lipinski definition) is 3. The number of rotatable bonds is 3. The number of nitrogens with two attached hydrogens (primary N) is 1. The van der Waals surface area contributed by atoms with E-state index in [9.17, 15) is 9.90 Å². The summed E-state index contributed by atoms with van der Waals surface area (Å²) in [5.74, 6) is -0.0318. The topological polar surface area (TPSA) is 84.6 Å². The lowest BCUT2D eigenvalue weighted by Gasteiger charge is -2.10. The van der Waals surface area contributed by atoms with Crippen molar-refractivity contribution in [1.29, 1.82) is 0 Å². The minimum absolute atomic E-state index is 0.130. The van der Waals surface area contributed by atoms with Crippen molar-refractivity contribution in [2.45, 2.75) is 6.92 Å². The van der Waals surface area contributed by atoms with Crippen LogP contribution in [0.4, 0.5) is 11.4 Å². The van der Waals surface area contributed by atoms with Crippen LogP contribution in [-0.4, -0.2) is 18.1 Å². The number of nitrogens with one attached hydrogen (secondary N) is 1. The van der Waals surface area contributed by atoms with E-state index in [1.807, 2.05) is 6.92 Å². The Morgan fingerprint density at radius 1 is 1.25 bits per heavy atom. The number of carbonyl (C=O) groups is 1. The Bertz CT molecular complexity index is 654. The molecule has 0 heterocycles. The van der Waals surface area contributed by atoms with Crippen LogP contribution in [-0.2, 0) is 0 Å². The molecule has 0 saturated carbocycles. The molecule has 104 valence electrons. The van der Waals surface area contributed by atoms with Gasteiger partial charge in [-0.1, -0.05) is 0 Å². The summed E-state index contributed by atoms with van der Waals surface area (Å²) in [6.45, 7) is 1.85. The van der Waals surface area contributed by atoms with Gasteiger partial charge in [-0.25, -0.2) is 0 Å². The molecule has 0 spiro atoms. The van der Waals surface area contributed by atoms with E-state index in [1.54, 1.807) is 24.3 Å². The number of hydrogen-bond acceptors (Lipinski definition) is 4. The fourth-order valence-corrected chi connectivity index (χ4v) is 1.85. The van der Waals surface area contributed by atoms with E-state index >= 15 is 0 Å². The van der Waals surface area contributed by atoms with Crippen molar-refractivity contribution in [3.8, 4) is 11.5 Å². The van der Waals surface area contributed by atoms with Gasteiger partial charge in [0.2, 0.25) is 0 Å². The van der Waals surface area contributed by atoms with E-state index in [0.29, 0.717) is 17.1 Å². The molecule has 0 aliphatic carbocycles. The maximum atomic E-state index is 12.1. The number of methoxy groups -OCH3 is 1.